The van der Waals surface area contributed by atoms with Crippen LogP contribution in [0.5, 0.6) is 0 Å². The number of ether oxygens (including phenoxy) is 2. The highest BCUT2D eigenvalue weighted by molar-refractivity contribution is 6.14. The van der Waals surface area contributed by atoms with E-state index in [4.69, 9.17) is 9.47 Å². The second-order valence-corrected chi connectivity index (χ2v) is 9.33. The summed E-state index contributed by atoms with van der Waals surface area (Å²) < 4.78 is 12.8. The fourth-order valence-corrected chi connectivity index (χ4v) is 3.92. The van der Waals surface area contributed by atoms with Gasteiger partial charge < -0.3 is 14.0 Å². The molecule has 0 N–H and O–H groups in total. The lowest BCUT2D eigenvalue weighted by Gasteiger charge is -2.37. The summed E-state index contributed by atoms with van der Waals surface area (Å²) in [6, 6.07) is 10.3. The molecule has 8 heteroatoms. The quantitative estimate of drug-likeness (QED) is 0.662. The van der Waals surface area contributed by atoms with Gasteiger partial charge in [-0.1, -0.05) is 30.3 Å². The number of likely N-dealkylation sites (tertiary alicyclic amines) is 1. The van der Waals surface area contributed by atoms with Gasteiger partial charge in [-0.15, -0.1) is 0 Å². The summed E-state index contributed by atoms with van der Waals surface area (Å²) in [6.45, 7) is 7.61. The molecule has 3 rings (SSSR count). The smallest absolute Gasteiger partial charge is 0.422 e. The predicted octanol–water partition coefficient (Wildman–Crippen LogP) is 4.79. The molecule has 8 nitrogen and oxygen atoms in total. The monoisotopic (exact) mass is 455 g/mol. The number of hydrogen-bond donors (Lipinski definition) is 0. The molecule has 1 aromatic heterocycles. The molecule has 1 fully saturated rings. The largest absolute Gasteiger partial charge is 0.444 e. The third-order valence-electron chi connectivity index (χ3n) is 5.47. The van der Waals surface area contributed by atoms with E-state index in [1.807, 2.05) is 43.3 Å². The Morgan fingerprint density at radius 2 is 1.79 bits per heavy atom. The normalized spacial score (nSPS) is 16.3. The molecule has 0 radical (unpaired) electrons. The molecule has 1 aromatic carbocycles. The standard InChI is InChI=1S/C25H33N3O5/c1-18-14-16-26(5)21(18)28(24(31)32-17-19-11-7-6-8-12-19)22(29)20-13-9-10-15-27(20)23(30)33-25(2,3)4/h6-8,11-12,14,16,20H,9-10,13,15,17H2,1-5H3. The molecule has 1 saturated heterocycles. The van der Waals surface area contributed by atoms with E-state index in [0.717, 1.165) is 28.9 Å². The van der Waals surface area contributed by atoms with Crippen LogP contribution in [0.4, 0.5) is 15.4 Å². The van der Waals surface area contributed by atoms with Gasteiger partial charge in [-0.3, -0.25) is 9.69 Å². The Morgan fingerprint density at radius 1 is 1.09 bits per heavy atom. The molecule has 178 valence electrons. The van der Waals surface area contributed by atoms with Gasteiger partial charge >= 0.3 is 12.2 Å². The molecule has 1 aliphatic heterocycles. The van der Waals surface area contributed by atoms with Crippen LogP contribution in [0, 0.1) is 6.92 Å². The van der Waals surface area contributed by atoms with Crippen molar-refractivity contribution in [1.29, 1.82) is 0 Å². The SMILES string of the molecule is Cc1ccn(C)c1N(C(=O)OCc1ccccc1)C(=O)C1CCCCN1C(=O)OC(C)(C)C. The average molecular weight is 456 g/mol. The zero-order valence-corrected chi connectivity index (χ0v) is 20.0. The molecule has 1 unspecified atom stereocenters. The molecular formula is C25H33N3O5. The van der Waals surface area contributed by atoms with Crippen molar-refractivity contribution in [3.05, 3.63) is 53.7 Å². The van der Waals surface area contributed by atoms with Gasteiger partial charge in [-0.05, 0) is 64.2 Å². The number of carbonyl (C=O) groups is 3. The first kappa shape index (κ1) is 24.4. The van der Waals surface area contributed by atoms with Crippen LogP contribution in [0.3, 0.4) is 0 Å². The van der Waals surface area contributed by atoms with E-state index in [9.17, 15) is 14.4 Å². The summed E-state index contributed by atoms with van der Waals surface area (Å²) in [6.07, 6.45) is 2.44. The molecule has 0 saturated carbocycles. The van der Waals surface area contributed by atoms with E-state index in [2.05, 4.69) is 0 Å². The van der Waals surface area contributed by atoms with Gasteiger partial charge in [0.2, 0.25) is 0 Å². The lowest BCUT2D eigenvalue weighted by Crippen LogP contribution is -2.55. The maximum Gasteiger partial charge on any atom is 0.422 e. The number of nitrogens with zero attached hydrogens (tertiary/aromatic N) is 3. The molecule has 0 bridgehead atoms. The topological polar surface area (TPSA) is 81.1 Å². The van der Waals surface area contributed by atoms with Crippen LogP contribution in [-0.4, -0.2) is 45.7 Å². The van der Waals surface area contributed by atoms with Gasteiger partial charge in [0.15, 0.2) is 0 Å². The number of aromatic nitrogens is 1. The second-order valence-electron chi connectivity index (χ2n) is 9.33. The van der Waals surface area contributed by atoms with E-state index in [-0.39, 0.29) is 6.61 Å². The Labute approximate surface area is 195 Å². The minimum Gasteiger partial charge on any atom is -0.444 e. The highest BCUT2D eigenvalue weighted by Crippen LogP contribution is 2.27. The van der Waals surface area contributed by atoms with Crippen LogP contribution in [0.2, 0.25) is 0 Å². The molecule has 1 aliphatic rings. The van der Waals surface area contributed by atoms with Crippen molar-refractivity contribution >= 4 is 23.9 Å². The maximum absolute atomic E-state index is 13.8. The van der Waals surface area contributed by atoms with Gasteiger partial charge in [0.25, 0.3) is 5.91 Å². The first-order chi connectivity index (χ1) is 15.6. The fourth-order valence-electron chi connectivity index (χ4n) is 3.92. The molecular weight excluding hydrogens is 422 g/mol. The zero-order valence-electron chi connectivity index (χ0n) is 20.0. The van der Waals surface area contributed by atoms with Crippen molar-refractivity contribution in [2.45, 2.75) is 65.2 Å². The highest BCUT2D eigenvalue weighted by atomic mass is 16.6. The van der Waals surface area contributed by atoms with Crippen LogP contribution in [0.15, 0.2) is 42.6 Å². The second kappa shape index (κ2) is 10.1. The Morgan fingerprint density at radius 3 is 2.39 bits per heavy atom. The van der Waals surface area contributed by atoms with Gasteiger partial charge in [0, 0.05) is 19.8 Å². The molecule has 0 spiro atoms. The third kappa shape index (κ3) is 5.94. The van der Waals surface area contributed by atoms with Gasteiger partial charge in [-0.25, -0.2) is 9.59 Å². The summed E-state index contributed by atoms with van der Waals surface area (Å²) in [4.78, 5) is 42.4. The molecule has 2 heterocycles. The van der Waals surface area contributed by atoms with E-state index < -0.39 is 29.7 Å². The number of carbonyl (C=O) groups excluding carboxylic acids is 3. The van der Waals surface area contributed by atoms with Crippen molar-refractivity contribution < 1.29 is 23.9 Å². The van der Waals surface area contributed by atoms with Crippen molar-refractivity contribution in [2.75, 3.05) is 11.4 Å². The van der Waals surface area contributed by atoms with Crippen LogP contribution < -0.4 is 4.90 Å². The molecule has 2 aromatic rings. The number of piperidine rings is 1. The van der Waals surface area contributed by atoms with Crippen molar-refractivity contribution in [1.82, 2.24) is 9.47 Å². The van der Waals surface area contributed by atoms with Crippen LogP contribution >= 0.6 is 0 Å². The first-order valence-corrected chi connectivity index (χ1v) is 11.2. The minimum absolute atomic E-state index is 0.0351. The maximum atomic E-state index is 13.8. The number of imide groups is 1. The van der Waals surface area contributed by atoms with Crippen LogP contribution in [0.1, 0.15) is 51.2 Å². The summed E-state index contributed by atoms with van der Waals surface area (Å²) in [5.41, 5.74) is 0.877. The first-order valence-electron chi connectivity index (χ1n) is 11.2. The summed E-state index contributed by atoms with van der Waals surface area (Å²) >= 11 is 0. The van der Waals surface area contributed by atoms with Crippen LogP contribution in [0.25, 0.3) is 0 Å². The predicted molar refractivity (Wildman–Crippen MR) is 125 cm³/mol. The third-order valence-corrected chi connectivity index (χ3v) is 5.47. The lowest BCUT2D eigenvalue weighted by atomic mass is 10.0. The number of rotatable bonds is 4. The highest BCUT2D eigenvalue weighted by Gasteiger charge is 2.41. The van der Waals surface area contributed by atoms with E-state index in [1.54, 1.807) is 38.6 Å². The zero-order chi connectivity index (χ0) is 24.2. The molecule has 0 aliphatic carbocycles. The summed E-state index contributed by atoms with van der Waals surface area (Å²) in [5, 5.41) is 0. The average Bonchev–Trinajstić information content (AvgIpc) is 3.10. The van der Waals surface area contributed by atoms with Crippen molar-refractivity contribution in [3.8, 4) is 0 Å². The summed E-state index contributed by atoms with van der Waals surface area (Å²) in [7, 11) is 1.76. The van der Waals surface area contributed by atoms with Gasteiger partial charge in [0.05, 0.1) is 0 Å². The van der Waals surface area contributed by atoms with Crippen LogP contribution in [-0.2, 0) is 27.9 Å². The van der Waals surface area contributed by atoms with Crippen molar-refractivity contribution in [2.24, 2.45) is 7.05 Å². The molecule has 1 atom stereocenters. The number of anilines is 1. The van der Waals surface area contributed by atoms with Gasteiger partial charge in [-0.2, -0.15) is 4.90 Å². The van der Waals surface area contributed by atoms with Crippen molar-refractivity contribution in [3.63, 3.8) is 0 Å². The Balaban J connectivity index is 1.89. The number of aryl methyl sites for hydroxylation is 2. The fraction of sp³-hybridized carbons (Fsp3) is 0.480. The number of hydrogen-bond acceptors (Lipinski definition) is 5. The lowest BCUT2D eigenvalue weighted by molar-refractivity contribution is -0.124. The Bertz CT molecular complexity index is 974. The summed E-state index contributed by atoms with van der Waals surface area (Å²) in [5.74, 6) is -0.0729. The number of amides is 3. The number of benzene rings is 1. The molecule has 33 heavy (non-hydrogen) atoms. The van der Waals surface area contributed by atoms with E-state index in [1.165, 1.54) is 4.90 Å². The minimum atomic E-state index is -0.813. The molecule has 3 amide bonds. The Hall–Kier alpha value is -3.29. The van der Waals surface area contributed by atoms with E-state index in [0.29, 0.717) is 18.8 Å². The van der Waals surface area contributed by atoms with Gasteiger partial charge in [0.1, 0.15) is 24.1 Å². The van der Waals surface area contributed by atoms with E-state index >= 15 is 0 Å². The Kier molecular flexibility index (Phi) is 7.46.